The molecular weight excluding hydrogens is 299 g/mol. The van der Waals surface area contributed by atoms with Crippen molar-refractivity contribution in [3.05, 3.63) is 27.4 Å². The number of carboxylic acids is 1. The van der Waals surface area contributed by atoms with Crippen LogP contribution >= 0.6 is 0 Å². The van der Waals surface area contributed by atoms with E-state index in [1.54, 1.807) is 0 Å². The molecule has 0 aliphatic rings. The van der Waals surface area contributed by atoms with Gasteiger partial charge in [0, 0.05) is 0 Å². The van der Waals surface area contributed by atoms with Crippen molar-refractivity contribution in [2.45, 2.75) is 12.8 Å². The molecule has 1 N–H and O–H groups in total. The molecule has 0 amide bonds. The molecule has 12 heteroatoms. The van der Waals surface area contributed by atoms with Gasteiger partial charge in [0.2, 0.25) is 0 Å². The van der Waals surface area contributed by atoms with E-state index in [1.807, 2.05) is 0 Å². The minimum absolute atomic E-state index is 0.132. The number of hydrogen-bond donors (Lipinski definition) is 1. The third-order valence-electron chi connectivity index (χ3n) is 1.89. The number of aromatic nitrogens is 1. The Morgan fingerprint density at radius 1 is 1.45 bits per heavy atom. The number of nitrogens with zero attached hydrogens (tertiary/aromatic N) is 2. The van der Waals surface area contributed by atoms with Crippen LogP contribution in [0, 0.1) is 10.1 Å². The Morgan fingerprint density at radius 2 is 2.00 bits per heavy atom. The van der Waals surface area contributed by atoms with Gasteiger partial charge in [-0.1, -0.05) is 0 Å². The van der Waals surface area contributed by atoms with E-state index in [-0.39, 0.29) is 6.20 Å². The number of ether oxygens (including phenoxy) is 1. The summed E-state index contributed by atoms with van der Waals surface area (Å²) in [5, 5.41) is 19.0. The van der Waals surface area contributed by atoms with Crippen LogP contribution in [0.25, 0.3) is 0 Å². The lowest BCUT2D eigenvalue weighted by atomic mass is 10.1. The Balaban J connectivity index is 3.65. The SMILES string of the molecule is O=C(O)c1cnc([N+](=O)[O-])c(C(F)F)c1OC(F)(F)F. The van der Waals surface area contributed by atoms with Gasteiger partial charge in [-0.15, -0.1) is 13.2 Å². The summed E-state index contributed by atoms with van der Waals surface area (Å²) in [5.74, 6) is -5.54. The van der Waals surface area contributed by atoms with Crippen LogP contribution in [0.4, 0.5) is 27.8 Å². The zero-order chi connectivity index (χ0) is 15.7. The molecule has 0 aliphatic carbocycles. The van der Waals surface area contributed by atoms with E-state index in [2.05, 4.69) is 9.72 Å². The average molecular weight is 302 g/mol. The van der Waals surface area contributed by atoms with Crippen molar-refractivity contribution in [1.29, 1.82) is 0 Å². The smallest absolute Gasteiger partial charge is 0.477 e. The molecule has 20 heavy (non-hydrogen) atoms. The normalized spacial score (nSPS) is 11.5. The molecule has 0 atom stereocenters. The summed E-state index contributed by atoms with van der Waals surface area (Å²) in [6, 6.07) is 0. The molecule has 0 fully saturated rings. The molecule has 1 heterocycles. The number of rotatable bonds is 4. The molecule has 0 saturated carbocycles. The number of alkyl halides is 5. The number of nitro groups is 1. The summed E-state index contributed by atoms with van der Waals surface area (Å²) >= 11 is 0. The molecule has 0 aromatic carbocycles. The first-order chi connectivity index (χ1) is 9.04. The minimum Gasteiger partial charge on any atom is -0.477 e. The van der Waals surface area contributed by atoms with Crippen molar-refractivity contribution in [3.63, 3.8) is 0 Å². The van der Waals surface area contributed by atoms with Crippen LogP contribution in [0.2, 0.25) is 0 Å². The number of carbonyl (C=O) groups is 1. The molecule has 1 aromatic rings. The lowest BCUT2D eigenvalue weighted by molar-refractivity contribution is -0.391. The maximum Gasteiger partial charge on any atom is 0.573 e. The first kappa shape index (κ1) is 15.5. The number of aromatic carboxylic acids is 1. The second-order valence-corrected chi connectivity index (χ2v) is 3.15. The van der Waals surface area contributed by atoms with Gasteiger partial charge in [0.15, 0.2) is 17.5 Å². The van der Waals surface area contributed by atoms with Crippen molar-refractivity contribution in [2.24, 2.45) is 0 Å². The summed E-state index contributed by atoms with van der Waals surface area (Å²) in [7, 11) is 0. The molecule has 0 aliphatic heterocycles. The zero-order valence-corrected chi connectivity index (χ0v) is 9.02. The van der Waals surface area contributed by atoms with Gasteiger partial charge in [-0.3, -0.25) is 0 Å². The lowest BCUT2D eigenvalue weighted by Crippen LogP contribution is -2.21. The van der Waals surface area contributed by atoms with Crippen molar-refractivity contribution < 1.29 is 41.5 Å². The van der Waals surface area contributed by atoms with E-state index >= 15 is 0 Å². The topological polar surface area (TPSA) is 103 Å². The first-order valence-corrected chi connectivity index (χ1v) is 4.49. The second-order valence-electron chi connectivity index (χ2n) is 3.15. The maximum absolute atomic E-state index is 12.7. The van der Waals surface area contributed by atoms with Crippen molar-refractivity contribution in [2.75, 3.05) is 0 Å². The Labute approximate surface area is 105 Å². The highest BCUT2D eigenvalue weighted by Crippen LogP contribution is 2.40. The van der Waals surface area contributed by atoms with Gasteiger partial charge in [0.1, 0.15) is 5.56 Å². The summed E-state index contributed by atoms with van der Waals surface area (Å²) in [6.45, 7) is 0. The molecule has 0 bridgehead atoms. The van der Waals surface area contributed by atoms with E-state index in [4.69, 9.17) is 5.11 Å². The highest BCUT2D eigenvalue weighted by Gasteiger charge is 2.40. The average Bonchev–Trinajstić information content (AvgIpc) is 2.24. The molecule has 0 unspecified atom stereocenters. The van der Waals surface area contributed by atoms with Gasteiger partial charge in [-0.05, 0) is 9.91 Å². The third-order valence-corrected chi connectivity index (χ3v) is 1.89. The fraction of sp³-hybridized carbons (Fsp3) is 0.250. The van der Waals surface area contributed by atoms with Gasteiger partial charge in [0.25, 0.3) is 6.43 Å². The number of pyridine rings is 1. The van der Waals surface area contributed by atoms with Crippen LogP contribution in [0.15, 0.2) is 6.20 Å². The van der Waals surface area contributed by atoms with Gasteiger partial charge >= 0.3 is 18.1 Å². The molecule has 1 aromatic heterocycles. The van der Waals surface area contributed by atoms with E-state index in [0.717, 1.165) is 0 Å². The molecule has 1 rings (SSSR count). The van der Waals surface area contributed by atoms with Crippen LogP contribution in [-0.2, 0) is 0 Å². The number of halogens is 5. The highest BCUT2D eigenvalue weighted by atomic mass is 19.4. The Morgan fingerprint density at radius 3 is 2.35 bits per heavy atom. The van der Waals surface area contributed by atoms with Crippen molar-refractivity contribution in [1.82, 2.24) is 4.98 Å². The molecule has 0 spiro atoms. The molecule has 0 radical (unpaired) electrons. The van der Waals surface area contributed by atoms with E-state index < -0.39 is 46.4 Å². The first-order valence-electron chi connectivity index (χ1n) is 4.49. The molecular formula is C8H3F5N2O5. The number of hydrogen-bond acceptors (Lipinski definition) is 5. The third kappa shape index (κ3) is 3.27. The van der Waals surface area contributed by atoms with Crippen LogP contribution in [0.1, 0.15) is 22.3 Å². The van der Waals surface area contributed by atoms with Gasteiger partial charge < -0.3 is 20.0 Å². The Kier molecular flexibility index (Phi) is 4.06. The van der Waals surface area contributed by atoms with E-state index in [9.17, 15) is 36.9 Å². The Hall–Kier alpha value is -2.53. The van der Waals surface area contributed by atoms with Crippen LogP contribution in [0.3, 0.4) is 0 Å². The maximum atomic E-state index is 12.7. The monoisotopic (exact) mass is 302 g/mol. The van der Waals surface area contributed by atoms with Crippen molar-refractivity contribution in [3.8, 4) is 5.75 Å². The highest BCUT2D eigenvalue weighted by molar-refractivity contribution is 5.91. The predicted molar refractivity (Wildman–Crippen MR) is 49.5 cm³/mol. The van der Waals surface area contributed by atoms with E-state index in [1.165, 1.54) is 0 Å². The van der Waals surface area contributed by atoms with Crippen LogP contribution in [-0.4, -0.2) is 27.3 Å². The summed E-state index contributed by atoms with van der Waals surface area (Å²) < 4.78 is 64.9. The summed E-state index contributed by atoms with van der Waals surface area (Å²) in [4.78, 5) is 22.4. The molecule has 0 saturated heterocycles. The fourth-order valence-corrected chi connectivity index (χ4v) is 1.22. The second kappa shape index (κ2) is 5.22. The van der Waals surface area contributed by atoms with Gasteiger partial charge in [-0.2, -0.15) is 0 Å². The van der Waals surface area contributed by atoms with E-state index in [0.29, 0.717) is 0 Å². The summed E-state index contributed by atoms with van der Waals surface area (Å²) in [5.41, 5.74) is -3.23. The lowest BCUT2D eigenvalue weighted by Gasteiger charge is -2.14. The minimum atomic E-state index is -5.51. The standard InChI is InChI=1S/C8H3F5N2O5/c9-5(10)3-4(20-8(11,12)13)2(7(16)17)1-14-6(3)15(18)19/h1,5H,(H,16,17). The van der Waals surface area contributed by atoms with Gasteiger partial charge in [0.05, 0.1) is 0 Å². The van der Waals surface area contributed by atoms with Gasteiger partial charge in [-0.25, -0.2) is 13.6 Å². The fourth-order valence-electron chi connectivity index (χ4n) is 1.22. The quantitative estimate of drug-likeness (QED) is 0.521. The zero-order valence-electron chi connectivity index (χ0n) is 9.02. The Bertz CT molecular complexity index is 559. The van der Waals surface area contributed by atoms with Crippen LogP contribution < -0.4 is 4.74 Å². The summed E-state index contributed by atoms with van der Waals surface area (Å²) in [6.07, 6.45) is -9.17. The largest absolute Gasteiger partial charge is 0.573 e. The number of carboxylic acid groups (broad SMARTS) is 1. The van der Waals surface area contributed by atoms with Crippen molar-refractivity contribution >= 4 is 11.8 Å². The van der Waals surface area contributed by atoms with Crippen LogP contribution in [0.5, 0.6) is 5.75 Å². The predicted octanol–water partition coefficient (Wildman–Crippen LogP) is 2.52. The molecule has 7 nitrogen and oxygen atoms in total. The molecule has 110 valence electrons.